The van der Waals surface area contributed by atoms with Crippen molar-refractivity contribution in [3.05, 3.63) is 35.9 Å². The fourth-order valence-corrected chi connectivity index (χ4v) is 2.76. The molecule has 0 saturated heterocycles. The van der Waals surface area contributed by atoms with Gasteiger partial charge in [-0.05, 0) is 45.1 Å². The highest BCUT2D eigenvalue weighted by molar-refractivity contribution is 5.90. The molecule has 4 nitrogen and oxygen atoms in total. The molecule has 0 fully saturated rings. The molecule has 0 aromatic heterocycles. The van der Waals surface area contributed by atoms with Crippen LogP contribution in [0.2, 0.25) is 0 Å². The number of benzene rings is 1. The van der Waals surface area contributed by atoms with E-state index in [2.05, 4.69) is 39.9 Å². The zero-order chi connectivity index (χ0) is 18.3. The van der Waals surface area contributed by atoms with Crippen LogP contribution in [0.4, 0.5) is 0 Å². The smallest absolute Gasteiger partial charge is 0.130 e. The van der Waals surface area contributed by atoms with Crippen LogP contribution in [0.25, 0.3) is 5.57 Å². The van der Waals surface area contributed by atoms with Gasteiger partial charge in [-0.1, -0.05) is 44.2 Å². The fourth-order valence-electron chi connectivity index (χ4n) is 2.76. The Labute approximate surface area is 146 Å². The van der Waals surface area contributed by atoms with Gasteiger partial charge >= 0.3 is 0 Å². The molecule has 0 aliphatic rings. The van der Waals surface area contributed by atoms with Crippen molar-refractivity contribution in [2.45, 2.75) is 71.2 Å². The van der Waals surface area contributed by atoms with Crippen LogP contribution in [-0.2, 0) is 4.79 Å². The van der Waals surface area contributed by atoms with Gasteiger partial charge in [0, 0.05) is 11.6 Å². The molecule has 1 aromatic rings. The average molecular weight is 332 g/mol. The molecule has 0 aliphatic carbocycles. The highest BCUT2D eigenvalue weighted by Gasteiger charge is 2.31. The molecule has 0 bridgehead atoms. The molecule has 0 radical (unpaired) electrons. The lowest BCUT2D eigenvalue weighted by atomic mass is 9.88. The molecule has 1 rings (SSSR count). The van der Waals surface area contributed by atoms with Crippen molar-refractivity contribution in [2.75, 3.05) is 0 Å². The van der Waals surface area contributed by atoms with Crippen LogP contribution >= 0.6 is 0 Å². The number of nitrogens with one attached hydrogen (secondary N) is 1. The number of hydrogen-bond acceptors (Lipinski definition) is 4. The van der Waals surface area contributed by atoms with Crippen molar-refractivity contribution >= 4 is 11.5 Å². The van der Waals surface area contributed by atoms with Crippen molar-refractivity contribution in [2.24, 2.45) is 11.7 Å². The Morgan fingerprint density at radius 1 is 1.21 bits per heavy atom. The fraction of sp³-hybridized carbons (Fsp3) is 0.600. The maximum absolute atomic E-state index is 11.5. The van der Waals surface area contributed by atoms with E-state index in [9.17, 15) is 9.90 Å². The Bertz CT molecular complexity index is 543. The summed E-state index contributed by atoms with van der Waals surface area (Å²) in [5, 5.41) is 14.3. The molecule has 0 heterocycles. The van der Waals surface area contributed by atoms with E-state index in [0.717, 1.165) is 12.8 Å². The summed E-state index contributed by atoms with van der Waals surface area (Å²) >= 11 is 0. The average Bonchev–Trinajstić information content (AvgIpc) is 2.51. The second-order valence-corrected chi connectivity index (χ2v) is 7.87. The summed E-state index contributed by atoms with van der Waals surface area (Å²) in [7, 11) is 0. The summed E-state index contributed by atoms with van der Waals surface area (Å²) in [6.45, 7) is 10.5. The predicted octanol–water partition coefficient (Wildman–Crippen LogP) is 2.78. The first-order valence-corrected chi connectivity index (χ1v) is 8.67. The normalized spacial score (nSPS) is 15.7. The molecule has 1 aromatic carbocycles. The number of carbonyl (C=O) groups excluding carboxylic acids is 1. The lowest BCUT2D eigenvalue weighted by molar-refractivity contribution is 0.0962. The molecule has 0 spiro atoms. The largest absolute Gasteiger partial charge is 0.389 e. The van der Waals surface area contributed by atoms with E-state index in [-0.39, 0.29) is 11.6 Å². The van der Waals surface area contributed by atoms with Crippen molar-refractivity contribution in [1.29, 1.82) is 0 Å². The summed E-state index contributed by atoms with van der Waals surface area (Å²) < 4.78 is 0. The molecular weight excluding hydrogens is 300 g/mol. The maximum atomic E-state index is 11.5. The molecule has 1 unspecified atom stereocenters. The van der Waals surface area contributed by atoms with Crippen LogP contribution in [0.1, 0.15) is 53.0 Å². The Hall–Kier alpha value is -1.45. The summed E-state index contributed by atoms with van der Waals surface area (Å²) in [6, 6.07) is 8.22. The SMILES string of the molecule is CC(C)CCC(NC(C)(C)C)[C@H](O)[C@@H](N)C(=C=O)c1ccccc1. The van der Waals surface area contributed by atoms with Crippen LogP contribution in [0.15, 0.2) is 30.3 Å². The van der Waals surface area contributed by atoms with Crippen molar-refractivity contribution in [3.63, 3.8) is 0 Å². The predicted molar refractivity (Wildman–Crippen MR) is 100 cm³/mol. The monoisotopic (exact) mass is 332 g/mol. The molecule has 4 N–H and O–H groups in total. The van der Waals surface area contributed by atoms with Crippen LogP contribution in [0.5, 0.6) is 0 Å². The molecule has 0 amide bonds. The molecule has 3 atom stereocenters. The first-order valence-electron chi connectivity index (χ1n) is 8.67. The Morgan fingerprint density at radius 2 is 1.79 bits per heavy atom. The molecular formula is C20H32N2O2. The summed E-state index contributed by atoms with van der Waals surface area (Å²) in [6.07, 6.45) is 0.910. The first-order chi connectivity index (χ1) is 11.2. The van der Waals surface area contributed by atoms with E-state index < -0.39 is 12.1 Å². The van der Waals surface area contributed by atoms with Gasteiger partial charge in [0.25, 0.3) is 0 Å². The first kappa shape index (κ1) is 20.6. The minimum Gasteiger partial charge on any atom is -0.389 e. The lowest BCUT2D eigenvalue weighted by Crippen LogP contribution is -2.55. The van der Waals surface area contributed by atoms with E-state index in [1.807, 2.05) is 36.3 Å². The zero-order valence-electron chi connectivity index (χ0n) is 15.5. The maximum Gasteiger partial charge on any atom is 0.130 e. The minimum absolute atomic E-state index is 0.153. The third-order valence-corrected chi connectivity index (χ3v) is 3.98. The highest BCUT2D eigenvalue weighted by atomic mass is 16.3. The van der Waals surface area contributed by atoms with Gasteiger partial charge in [-0.3, -0.25) is 0 Å². The second kappa shape index (κ2) is 9.14. The van der Waals surface area contributed by atoms with E-state index in [1.165, 1.54) is 0 Å². The number of nitrogens with two attached hydrogens (primary N) is 1. The Kier molecular flexibility index (Phi) is 7.85. The quantitative estimate of drug-likeness (QED) is 0.640. The molecule has 0 aliphatic heterocycles. The minimum atomic E-state index is -0.861. The molecule has 4 heteroatoms. The Balaban J connectivity index is 2.98. The van der Waals surface area contributed by atoms with E-state index >= 15 is 0 Å². The van der Waals surface area contributed by atoms with E-state index in [1.54, 1.807) is 0 Å². The van der Waals surface area contributed by atoms with Crippen molar-refractivity contribution in [3.8, 4) is 0 Å². The van der Waals surface area contributed by atoms with Gasteiger partial charge in [-0.2, -0.15) is 0 Å². The van der Waals surface area contributed by atoms with Crippen molar-refractivity contribution < 1.29 is 9.90 Å². The second-order valence-electron chi connectivity index (χ2n) is 7.87. The van der Waals surface area contributed by atoms with Gasteiger partial charge in [0.05, 0.1) is 17.7 Å². The highest BCUT2D eigenvalue weighted by Crippen LogP contribution is 2.21. The van der Waals surface area contributed by atoms with Gasteiger partial charge in [0.2, 0.25) is 0 Å². The third-order valence-electron chi connectivity index (χ3n) is 3.98. The van der Waals surface area contributed by atoms with Crippen LogP contribution < -0.4 is 11.1 Å². The zero-order valence-corrected chi connectivity index (χ0v) is 15.5. The number of aliphatic hydroxyl groups is 1. The molecule has 134 valence electrons. The molecule has 0 saturated carbocycles. The number of aliphatic hydroxyl groups excluding tert-OH is 1. The van der Waals surface area contributed by atoms with Gasteiger partial charge in [0.1, 0.15) is 5.94 Å². The third kappa shape index (κ3) is 6.58. The summed E-state index contributed by atoms with van der Waals surface area (Å²) in [4.78, 5) is 11.5. The van der Waals surface area contributed by atoms with Gasteiger partial charge < -0.3 is 16.2 Å². The van der Waals surface area contributed by atoms with E-state index in [4.69, 9.17) is 5.73 Å². The van der Waals surface area contributed by atoms with Gasteiger partial charge in [-0.25, -0.2) is 4.79 Å². The van der Waals surface area contributed by atoms with Gasteiger partial charge in [-0.15, -0.1) is 0 Å². The number of hydrogen-bond donors (Lipinski definition) is 3. The number of rotatable bonds is 8. The van der Waals surface area contributed by atoms with Crippen LogP contribution in [0, 0.1) is 5.92 Å². The lowest BCUT2D eigenvalue weighted by Gasteiger charge is -2.35. The van der Waals surface area contributed by atoms with Crippen LogP contribution in [-0.4, -0.2) is 34.8 Å². The topological polar surface area (TPSA) is 75.3 Å². The van der Waals surface area contributed by atoms with Crippen molar-refractivity contribution in [1.82, 2.24) is 5.32 Å². The Morgan fingerprint density at radius 3 is 2.25 bits per heavy atom. The van der Waals surface area contributed by atoms with Gasteiger partial charge in [0.15, 0.2) is 0 Å². The molecule has 24 heavy (non-hydrogen) atoms. The standard InChI is InChI=1S/C20H32N2O2/c1-14(2)11-12-17(22-20(3,4)5)19(24)18(21)16(13-23)15-9-7-6-8-10-15/h6-10,14,17-19,22,24H,11-12,21H2,1-5H3/t17?,18-,19-/m0/s1. The summed E-state index contributed by atoms with van der Waals surface area (Å²) in [5.41, 5.74) is 7.11. The summed E-state index contributed by atoms with van der Waals surface area (Å²) in [5.74, 6) is 2.47. The van der Waals surface area contributed by atoms with E-state index in [0.29, 0.717) is 17.1 Å². The van der Waals surface area contributed by atoms with Crippen LogP contribution in [0.3, 0.4) is 0 Å².